The summed E-state index contributed by atoms with van der Waals surface area (Å²) in [7, 11) is 0. The fourth-order valence-corrected chi connectivity index (χ4v) is 3.23. The molecule has 0 radical (unpaired) electrons. The largest absolute Gasteiger partial charge is 0.289 e. The molecular weight excluding hydrogens is 344 g/mol. The minimum atomic E-state index is -0.0346. The molecular formula is C25H20N2O. The lowest BCUT2D eigenvalue weighted by Gasteiger charge is -2.07. The summed E-state index contributed by atoms with van der Waals surface area (Å²) in [6, 6.07) is 23.5. The molecule has 4 aromatic rings. The van der Waals surface area contributed by atoms with Crippen molar-refractivity contribution in [1.82, 2.24) is 9.97 Å². The molecule has 0 saturated heterocycles. The van der Waals surface area contributed by atoms with E-state index in [2.05, 4.69) is 22.1 Å². The Morgan fingerprint density at radius 3 is 1.54 bits per heavy atom. The van der Waals surface area contributed by atoms with Crippen molar-refractivity contribution in [3.63, 3.8) is 0 Å². The summed E-state index contributed by atoms with van der Waals surface area (Å²) >= 11 is 0. The molecule has 0 atom stereocenters. The fourth-order valence-electron chi connectivity index (χ4n) is 3.23. The van der Waals surface area contributed by atoms with Crippen LogP contribution >= 0.6 is 0 Å². The van der Waals surface area contributed by atoms with Crippen molar-refractivity contribution in [2.24, 2.45) is 0 Å². The molecule has 3 nitrogen and oxygen atoms in total. The molecule has 0 fully saturated rings. The van der Waals surface area contributed by atoms with Gasteiger partial charge in [-0.2, -0.15) is 0 Å². The van der Waals surface area contributed by atoms with Crippen LogP contribution in [0.1, 0.15) is 27.0 Å². The molecule has 2 aromatic carbocycles. The minimum absolute atomic E-state index is 0.0346. The number of rotatable bonds is 4. The van der Waals surface area contributed by atoms with Crippen molar-refractivity contribution in [3.8, 4) is 22.5 Å². The zero-order valence-corrected chi connectivity index (χ0v) is 15.9. The van der Waals surface area contributed by atoms with Gasteiger partial charge in [-0.25, -0.2) is 0 Å². The van der Waals surface area contributed by atoms with Crippen LogP contribution in [-0.4, -0.2) is 15.8 Å². The Hall–Kier alpha value is -3.59. The lowest BCUT2D eigenvalue weighted by atomic mass is 10.00. The first kappa shape index (κ1) is 17.8. The topological polar surface area (TPSA) is 42.9 Å². The highest BCUT2D eigenvalue weighted by molar-refractivity contribution is 6.09. The average molecular weight is 364 g/mol. The molecule has 3 heteroatoms. The summed E-state index contributed by atoms with van der Waals surface area (Å²) in [5, 5.41) is 0. The lowest BCUT2D eigenvalue weighted by Crippen LogP contribution is -2.03. The Kier molecular flexibility index (Phi) is 4.81. The third kappa shape index (κ3) is 3.74. The molecule has 0 amide bonds. The number of nitrogens with zero attached hydrogens (tertiary/aromatic N) is 2. The van der Waals surface area contributed by atoms with Crippen molar-refractivity contribution < 1.29 is 4.79 Å². The number of pyridine rings is 2. The van der Waals surface area contributed by atoms with Gasteiger partial charge < -0.3 is 0 Å². The third-order valence-corrected chi connectivity index (χ3v) is 4.67. The number of benzene rings is 2. The van der Waals surface area contributed by atoms with Gasteiger partial charge in [0.2, 0.25) is 0 Å². The quantitative estimate of drug-likeness (QED) is 0.439. The number of aryl methyl sites for hydroxylation is 2. The SMILES string of the molecule is Cc1cccc(-c2cc(C(=O)c3ccnc(-c4cccc(C)c4)c3)ccn2)c1. The highest BCUT2D eigenvalue weighted by Crippen LogP contribution is 2.23. The number of aromatic nitrogens is 2. The van der Waals surface area contributed by atoms with Crippen LogP contribution in [0, 0.1) is 13.8 Å². The van der Waals surface area contributed by atoms with E-state index in [1.807, 2.05) is 62.4 Å². The second-order valence-corrected chi connectivity index (χ2v) is 6.93. The van der Waals surface area contributed by atoms with E-state index in [1.54, 1.807) is 24.5 Å². The van der Waals surface area contributed by atoms with E-state index in [-0.39, 0.29) is 5.78 Å². The standard InChI is InChI=1S/C25H20N2O/c1-17-5-3-7-19(13-17)23-15-21(9-11-26-23)25(28)22-10-12-27-24(16-22)20-8-4-6-18(2)14-20/h3-16H,1-2H3. The van der Waals surface area contributed by atoms with Crippen molar-refractivity contribution in [2.45, 2.75) is 13.8 Å². The molecule has 0 spiro atoms. The molecule has 0 aliphatic rings. The maximum absolute atomic E-state index is 13.1. The van der Waals surface area contributed by atoms with Gasteiger partial charge in [0, 0.05) is 34.6 Å². The van der Waals surface area contributed by atoms with Crippen LogP contribution in [0.4, 0.5) is 0 Å². The maximum Gasteiger partial charge on any atom is 0.193 e. The molecule has 136 valence electrons. The lowest BCUT2D eigenvalue weighted by molar-refractivity contribution is 0.103. The second kappa shape index (κ2) is 7.57. The predicted octanol–water partition coefficient (Wildman–Crippen LogP) is 5.66. The molecule has 28 heavy (non-hydrogen) atoms. The van der Waals surface area contributed by atoms with Gasteiger partial charge in [0.1, 0.15) is 0 Å². The van der Waals surface area contributed by atoms with Gasteiger partial charge in [-0.3, -0.25) is 14.8 Å². The predicted molar refractivity (Wildman–Crippen MR) is 112 cm³/mol. The normalized spacial score (nSPS) is 10.6. The Bertz CT molecular complexity index is 1070. The van der Waals surface area contributed by atoms with Gasteiger partial charge in [-0.15, -0.1) is 0 Å². The summed E-state index contributed by atoms with van der Waals surface area (Å²) in [5.74, 6) is -0.0346. The Balaban J connectivity index is 1.69. The first-order chi connectivity index (χ1) is 13.6. The first-order valence-electron chi connectivity index (χ1n) is 9.21. The number of carbonyl (C=O) groups is 1. The summed E-state index contributed by atoms with van der Waals surface area (Å²) in [4.78, 5) is 22.0. The highest BCUT2D eigenvalue weighted by Gasteiger charge is 2.12. The van der Waals surface area contributed by atoms with Gasteiger partial charge in [0.25, 0.3) is 0 Å². The van der Waals surface area contributed by atoms with Gasteiger partial charge in [-0.05, 0) is 50.2 Å². The number of hydrogen-bond donors (Lipinski definition) is 0. The highest BCUT2D eigenvalue weighted by atomic mass is 16.1. The molecule has 0 N–H and O–H groups in total. The summed E-state index contributed by atoms with van der Waals surface area (Å²) < 4.78 is 0. The van der Waals surface area contributed by atoms with E-state index in [0.29, 0.717) is 11.1 Å². The van der Waals surface area contributed by atoms with Crippen molar-refractivity contribution in [3.05, 3.63) is 107 Å². The second-order valence-electron chi connectivity index (χ2n) is 6.93. The van der Waals surface area contributed by atoms with Crippen LogP contribution in [0.25, 0.3) is 22.5 Å². The molecule has 0 unspecified atom stereocenters. The van der Waals surface area contributed by atoms with Gasteiger partial charge >= 0.3 is 0 Å². The Morgan fingerprint density at radius 2 is 1.11 bits per heavy atom. The van der Waals surface area contributed by atoms with Gasteiger partial charge in [0.15, 0.2) is 5.78 Å². The van der Waals surface area contributed by atoms with Crippen molar-refractivity contribution >= 4 is 5.78 Å². The van der Waals surface area contributed by atoms with E-state index in [0.717, 1.165) is 33.6 Å². The van der Waals surface area contributed by atoms with E-state index in [9.17, 15) is 4.79 Å². The van der Waals surface area contributed by atoms with Crippen LogP contribution in [-0.2, 0) is 0 Å². The fraction of sp³-hybridized carbons (Fsp3) is 0.0800. The van der Waals surface area contributed by atoms with Crippen LogP contribution < -0.4 is 0 Å². The van der Waals surface area contributed by atoms with Crippen LogP contribution in [0.3, 0.4) is 0 Å². The van der Waals surface area contributed by atoms with Crippen LogP contribution in [0.5, 0.6) is 0 Å². The van der Waals surface area contributed by atoms with Crippen LogP contribution in [0.15, 0.2) is 85.2 Å². The number of hydrogen-bond acceptors (Lipinski definition) is 3. The molecule has 0 aliphatic carbocycles. The monoisotopic (exact) mass is 364 g/mol. The van der Waals surface area contributed by atoms with Crippen LogP contribution in [0.2, 0.25) is 0 Å². The molecule has 2 heterocycles. The van der Waals surface area contributed by atoms with E-state index in [1.165, 1.54) is 0 Å². The number of ketones is 1. The summed E-state index contributed by atoms with van der Waals surface area (Å²) in [5.41, 5.74) is 7.15. The van der Waals surface area contributed by atoms with E-state index < -0.39 is 0 Å². The average Bonchev–Trinajstić information content (AvgIpc) is 2.73. The molecule has 2 aromatic heterocycles. The molecule has 0 saturated carbocycles. The molecule has 0 bridgehead atoms. The van der Waals surface area contributed by atoms with Gasteiger partial charge in [-0.1, -0.05) is 47.5 Å². The third-order valence-electron chi connectivity index (χ3n) is 4.67. The molecule has 4 rings (SSSR count). The van der Waals surface area contributed by atoms with Gasteiger partial charge in [0.05, 0.1) is 11.4 Å². The summed E-state index contributed by atoms with van der Waals surface area (Å²) in [6.07, 6.45) is 3.38. The first-order valence-corrected chi connectivity index (χ1v) is 9.21. The van der Waals surface area contributed by atoms with E-state index in [4.69, 9.17) is 0 Å². The smallest absolute Gasteiger partial charge is 0.193 e. The number of carbonyl (C=O) groups excluding carboxylic acids is 1. The minimum Gasteiger partial charge on any atom is -0.289 e. The zero-order valence-electron chi connectivity index (χ0n) is 15.9. The zero-order chi connectivity index (χ0) is 19.5. The van der Waals surface area contributed by atoms with E-state index >= 15 is 0 Å². The Morgan fingerprint density at radius 1 is 0.643 bits per heavy atom. The molecule has 0 aliphatic heterocycles. The Labute approximate surface area is 164 Å². The maximum atomic E-state index is 13.1. The van der Waals surface area contributed by atoms with Crippen molar-refractivity contribution in [2.75, 3.05) is 0 Å². The van der Waals surface area contributed by atoms with Crippen molar-refractivity contribution in [1.29, 1.82) is 0 Å². The summed E-state index contributed by atoms with van der Waals surface area (Å²) in [6.45, 7) is 4.09.